The summed E-state index contributed by atoms with van der Waals surface area (Å²) in [5.41, 5.74) is 0. The number of hydrogen-bond acceptors (Lipinski definition) is 5. The molecule has 0 fully saturated rings. The minimum absolute atomic E-state index is 0.248. The van der Waals surface area contributed by atoms with Crippen LogP contribution >= 0.6 is 0 Å². The van der Waals surface area contributed by atoms with Gasteiger partial charge in [0.05, 0.1) is 6.17 Å². The fourth-order valence-electron chi connectivity index (χ4n) is 2.19. The molecule has 1 heterocycles. The van der Waals surface area contributed by atoms with E-state index in [0.717, 1.165) is 19.1 Å². The molecule has 106 valence electrons. The van der Waals surface area contributed by atoms with E-state index in [-0.39, 0.29) is 6.17 Å². The van der Waals surface area contributed by atoms with Gasteiger partial charge in [0.15, 0.2) is 0 Å². The lowest BCUT2D eigenvalue weighted by molar-refractivity contribution is 0.0547. The van der Waals surface area contributed by atoms with Crippen molar-refractivity contribution in [1.29, 1.82) is 0 Å². The van der Waals surface area contributed by atoms with Crippen LogP contribution in [0.15, 0.2) is 4.99 Å². The van der Waals surface area contributed by atoms with E-state index in [1.54, 1.807) is 0 Å². The van der Waals surface area contributed by atoms with Gasteiger partial charge >= 0.3 is 8.80 Å². The van der Waals surface area contributed by atoms with Crippen molar-refractivity contribution in [2.75, 3.05) is 32.5 Å². The van der Waals surface area contributed by atoms with Crippen molar-refractivity contribution < 1.29 is 13.3 Å². The Kier molecular flexibility index (Phi) is 7.02. The van der Waals surface area contributed by atoms with E-state index in [4.69, 9.17) is 13.3 Å². The van der Waals surface area contributed by atoms with Gasteiger partial charge in [0.2, 0.25) is 0 Å². The Balaban J connectivity index is 2.69. The Bertz CT molecular complexity index is 247. The van der Waals surface area contributed by atoms with E-state index in [2.05, 4.69) is 16.8 Å². The summed E-state index contributed by atoms with van der Waals surface area (Å²) in [5.74, 6) is 0. The highest BCUT2D eigenvalue weighted by Gasteiger charge is 2.44. The highest BCUT2D eigenvalue weighted by Crippen LogP contribution is 2.18. The predicted molar refractivity (Wildman–Crippen MR) is 74.8 cm³/mol. The minimum atomic E-state index is -2.57. The van der Waals surface area contributed by atoms with Gasteiger partial charge in [-0.3, -0.25) is 9.89 Å². The molecule has 0 spiro atoms. The maximum Gasteiger partial charge on any atom is 0.515 e. The molecule has 6 heteroatoms. The van der Waals surface area contributed by atoms with Gasteiger partial charge in [-0.1, -0.05) is 6.92 Å². The Hall–Kier alpha value is -0.273. The fourth-order valence-corrected chi connectivity index (χ4v) is 4.87. The summed E-state index contributed by atoms with van der Waals surface area (Å²) < 4.78 is 17.6. The molecule has 0 saturated heterocycles. The van der Waals surface area contributed by atoms with Crippen molar-refractivity contribution in [3.8, 4) is 0 Å². The first-order valence-corrected chi connectivity index (χ1v) is 8.82. The number of aliphatic imine (C=N–C) groups is 1. The molecule has 0 saturated carbocycles. The van der Waals surface area contributed by atoms with Crippen LogP contribution in [0.5, 0.6) is 0 Å². The molecule has 1 aliphatic rings. The average molecular weight is 274 g/mol. The van der Waals surface area contributed by atoms with E-state index in [0.29, 0.717) is 19.8 Å². The van der Waals surface area contributed by atoms with Crippen molar-refractivity contribution >= 4 is 15.0 Å². The summed E-state index contributed by atoms with van der Waals surface area (Å²) in [6, 6.07) is 0. The molecular formula is C12H26N2O3Si. The molecule has 0 aromatic carbocycles. The molecule has 0 aromatic heterocycles. The summed E-state index contributed by atoms with van der Waals surface area (Å²) in [6.45, 7) is 10.8. The molecule has 1 unspecified atom stereocenters. The van der Waals surface area contributed by atoms with Gasteiger partial charge in [0, 0.05) is 32.6 Å². The highest BCUT2D eigenvalue weighted by molar-refractivity contribution is 6.61. The van der Waals surface area contributed by atoms with Crippen LogP contribution in [0.1, 0.15) is 34.1 Å². The van der Waals surface area contributed by atoms with E-state index in [9.17, 15) is 0 Å². The number of nitrogens with zero attached hydrogens (tertiary/aromatic N) is 2. The van der Waals surface area contributed by atoms with Crippen molar-refractivity contribution in [1.82, 2.24) is 4.90 Å². The SMILES string of the molecule is CCO[Si](CN1CC=NC1CC)(OCC)OCC. The molecule has 5 nitrogen and oxygen atoms in total. The van der Waals surface area contributed by atoms with E-state index in [1.165, 1.54) is 0 Å². The van der Waals surface area contributed by atoms with Gasteiger partial charge in [0.1, 0.15) is 6.17 Å². The average Bonchev–Trinajstić information content (AvgIpc) is 2.77. The Morgan fingerprint density at radius 2 is 1.67 bits per heavy atom. The van der Waals surface area contributed by atoms with Crippen molar-refractivity contribution in [3.05, 3.63) is 0 Å². The van der Waals surface area contributed by atoms with Crippen LogP contribution in [-0.4, -0.2) is 58.6 Å². The third-order valence-corrected chi connectivity index (χ3v) is 5.85. The fraction of sp³-hybridized carbons (Fsp3) is 0.917. The molecule has 0 aromatic rings. The first-order chi connectivity index (χ1) is 8.71. The third kappa shape index (κ3) is 4.13. The molecular weight excluding hydrogens is 248 g/mol. The molecule has 0 N–H and O–H groups in total. The second-order valence-electron chi connectivity index (χ2n) is 4.13. The highest BCUT2D eigenvalue weighted by atomic mass is 28.4. The first kappa shape index (κ1) is 15.8. The molecule has 0 aliphatic carbocycles. The first-order valence-electron chi connectivity index (χ1n) is 6.88. The smallest absolute Gasteiger partial charge is 0.373 e. The zero-order valence-corrected chi connectivity index (χ0v) is 13.0. The number of rotatable bonds is 9. The predicted octanol–water partition coefficient (Wildman–Crippen LogP) is 1.70. The van der Waals surface area contributed by atoms with E-state index in [1.807, 2.05) is 27.0 Å². The Morgan fingerprint density at radius 1 is 1.11 bits per heavy atom. The topological polar surface area (TPSA) is 43.3 Å². The largest absolute Gasteiger partial charge is 0.515 e. The lowest BCUT2D eigenvalue weighted by Crippen LogP contribution is -2.56. The number of hydrogen-bond donors (Lipinski definition) is 0. The van der Waals surface area contributed by atoms with Gasteiger partial charge in [-0.25, -0.2) is 0 Å². The zero-order chi connectivity index (χ0) is 13.4. The summed E-state index contributed by atoms with van der Waals surface area (Å²) in [7, 11) is -2.57. The monoisotopic (exact) mass is 274 g/mol. The van der Waals surface area contributed by atoms with Crippen LogP contribution in [-0.2, 0) is 13.3 Å². The zero-order valence-electron chi connectivity index (χ0n) is 12.0. The molecule has 1 aliphatic heterocycles. The summed E-state index contributed by atoms with van der Waals surface area (Å²) >= 11 is 0. The molecule has 1 atom stereocenters. The summed E-state index contributed by atoms with van der Waals surface area (Å²) in [5, 5.41) is 0. The summed E-state index contributed by atoms with van der Waals surface area (Å²) in [4.78, 5) is 6.74. The lowest BCUT2D eigenvalue weighted by Gasteiger charge is -2.33. The van der Waals surface area contributed by atoms with Gasteiger partial charge in [-0.2, -0.15) is 0 Å². The third-order valence-electron chi connectivity index (χ3n) is 2.87. The van der Waals surface area contributed by atoms with Gasteiger partial charge < -0.3 is 13.3 Å². The van der Waals surface area contributed by atoms with Gasteiger partial charge in [-0.15, -0.1) is 0 Å². The Labute approximate surface area is 111 Å². The quantitative estimate of drug-likeness (QED) is 0.600. The maximum absolute atomic E-state index is 5.86. The van der Waals surface area contributed by atoms with Gasteiger partial charge in [0.25, 0.3) is 0 Å². The van der Waals surface area contributed by atoms with E-state index >= 15 is 0 Å². The van der Waals surface area contributed by atoms with Crippen molar-refractivity contribution in [3.63, 3.8) is 0 Å². The normalized spacial score (nSPS) is 20.8. The van der Waals surface area contributed by atoms with Crippen LogP contribution in [0.4, 0.5) is 0 Å². The second kappa shape index (κ2) is 8.01. The van der Waals surface area contributed by atoms with Crippen LogP contribution in [0, 0.1) is 0 Å². The van der Waals surface area contributed by atoms with Crippen LogP contribution in [0.25, 0.3) is 0 Å². The van der Waals surface area contributed by atoms with Crippen LogP contribution in [0.2, 0.25) is 0 Å². The van der Waals surface area contributed by atoms with Crippen molar-refractivity contribution in [2.24, 2.45) is 4.99 Å². The van der Waals surface area contributed by atoms with Crippen LogP contribution < -0.4 is 0 Å². The maximum atomic E-state index is 5.86. The molecule has 0 bridgehead atoms. The second-order valence-corrected chi connectivity index (χ2v) is 6.68. The van der Waals surface area contributed by atoms with Gasteiger partial charge in [-0.05, 0) is 27.2 Å². The van der Waals surface area contributed by atoms with E-state index < -0.39 is 8.80 Å². The molecule has 0 radical (unpaired) electrons. The minimum Gasteiger partial charge on any atom is -0.373 e. The van der Waals surface area contributed by atoms with Crippen molar-refractivity contribution in [2.45, 2.75) is 40.3 Å². The molecule has 18 heavy (non-hydrogen) atoms. The standard InChI is InChI=1S/C12H26N2O3Si/c1-5-12-13-9-10-14(12)11-18(15-6-2,16-7-3)17-8-4/h9,12H,5-8,10-11H2,1-4H3. The van der Waals surface area contributed by atoms with Crippen LogP contribution in [0.3, 0.4) is 0 Å². The molecule has 1 rings (SSSR count). The lowest BCUT2D eigenvalue weighted by atomic mass is 10.4. The summed E-state index contributed by atoms with van der Waals surface area (Å²) in [6.07, 6.45) is 3.95. The Morgan fingerprint density at radius 3 is 2.11 bits per heavy atom. The molecule has 0 amide bonds.